The van der Waals surface area contributed by atoms with Crippen LogP contribution in [0, 0.1) is 0 Å². The van der Waals surface area contributed by atoms with Gasteiger partial charge in [0.2, 0.25) is 0 Å². The number of carbonyl (C=O) groups is 1. The third-order valence-corrected chi connectivity index (χ3v) is 3.65. The zero-order chi connectivity index (χ0) is 13.2. The van der Waals surface area contributed by atoms with Crippen LogP contribution in [0.1, 0.15) is 29.6 Å². The van der Waals surface area contributed by atoms with Gasteiger partial charge in [0.05, 0.1) is 5.56 Å². The van der Waals surface area contributed by atoms with Crippen molar-refractivity contribution in [1.29, 1.82) is 0 Å². The Morgan fingerprint density at radius 2 is 1.95 bits per heavy atom. The van der Waals surface area contributed by atoms with Gasteiger partial charge in [-0.3, -0.25) is 0 Å². The zero-order valence-electron chi connectivity index (χ0n) is 10.7. The van der Waals surface area contributed by atoms with Gasteiger partial charge in [0.1, 0.15) is 5.82 Å². The quantitative estimate of drug-likeness (QED) is 0.897. The first-order valence-electron chi connectivity index (χ1n) is 6.63. The molecule has 0 radical (unpaired) electrons. The maximum absolute atomic E-state index is 11.1. The summed E-state index contributed by atoms with van der Waals surface area (Å²) in [6.45, 7) is 2.01. The summed E-state index contributed by atoms with van der Waals surface area (Å²) in [6, 6.07) is 7.15. The summed E-state index contributed by atoms with van der Waals surface area (Å²) < 4.78 is 0. The lowest BCUT2D eigenvalue weighted by Crippen LogP contribution is -2.30. The van der Waals surface area contributed by atoms with Crippen LogP contribution in [0.15, 0.2) is 30.5 Å². The lowest BCUT2D eigenvalue weighted by atomic mass is 10.1. The molecule has 4 nitrogen and oxygen atoms in total. The van der Waals surface area contributed by atoms with E-state index in [1.807, 2.05) is 12.1 Å². The van der Waals surface area contributed by atoms with Crippen molar-refractivity contribution in [3.8, 4) is 0 Å². The standard InChI is InChI=1S/C15H16N2O2/c18-15(19)12-5-4-11-6-7-16-14(13(11)10-12)17-8-2-1-3-9-17/h4-7,10H,1-3,8-9H2,(H,18,19). The van der Waals surface area contributed by atoms with Crippen LogP contribution in [-0.4, -0.2) is 29.1 Å². The largest absolute Gasteiger partial charge is 0.478 e. The lowest BCUT2D eigenvalue weighted by Gasteiger charge is -2.28. The summed E-state index contributed by atoms with van der Waals surface area (Å²) in [4.78, 5) is 17.8. The molecule has 4 heteroatoms. The number of benzene rings is 1. The molecule has 3 rings (SSSR count). The molecule has 0 spiro atoms. The average molecular weight is 256 g/mol. The molecule has 2 aromatic rings. The maximum Gasteiger partial charge on any atom is 0.335 e. The third-order valence-electron chi connectivity index (χ3n) is 3.65. The van der Waals surface area contributed by atoms with Crippen LogP contribution in [0.4, 0.5) is 5.82 Å². The number of fused-ring (bicyclic) bond motifs is 1. The van der Waals surface area contributed by atoms with Crippen molar-refractivity contribution >= 4 is 22.6 Å². The molecule has 1 aliphatic rings. The number of pyridine rings is 1. The number of nitrogens with zero attached hydrogens (tertiary/aromatic N) is 2. The predicted molar refractivity (Wildman–Crippen MR) is 74.8 cm³/mol. The van der Waals surface area contributed by atoms with E-state index in [1.54, 1.807) is 18.3 Å². The zero-order valence-corrected chi connectivity index (χ0v) is 10.7. The summed E-state index contributed by atoms with van der Waals surface area (Å²) >= 11 is 0. The third kappa shape index (κ3) is 2.26. The second-order valence-electron chi connectivity index (χ2n) is 4.92. The second kappa shape index (κ2) is 4.88. The van der Waals surface area contributed by atoms with Crippen LogP contribution in [0.25, 0.3) is 10.8 Å². The van der Waals surface area contributed by atoms with E-state index in [0.717, 1.165) is 29.7 Å². The van der Waals surface area contributed by atoms with Crippen molar-refractivity contribution in [1.82, 2.24) is 4.98 Å². The minimum Gasteiger partial charge on any atom is -0.478 e. The van der Waals surface area contributed by atoms with Crippen molar-refractivity contribution in [3.05, 3.63) is 36.0 Å². The van der Waals surface area contributed by atoms with Crippen molar-refractivity contribution < 1.29 is 9.90 Å². The normalized spacial score (nSPS) is 15.7. The predicted octanol–water partition coefficient (Wildman–Crippen LogP) is 2.92. The topological polar surface area (TPSA) is 53.4 Å². The van der Waals surface area contributed by atoms with E-state index in [9.17, 15) is 4.79 Å². The molecule has 1 aromatic heterocycles. The van der Waals surface area contributed by atoms with Gasteiger partial charge in [-0.2, -0.15) is 0 Å². The van der Waals surface area contributed by atoms with Gasteiger partial charge < -0.3 is 10.0 Å². The first kappa shape index (κ1) is 12.0. The van der Waals surface area contributed by atoms with Crippen LogP contribution < -0.4 is 4.90 Å². The minimum absolute atomic E-state index is 0.318. The second-order valence-corrected chi connectivity index (χ2v) is 4.92. The minimum atomic E-state index is -0.893. The van der Waals surface area contributed by atoms with Crippen LogP contribution >= 0.6 is 0 Å². The highest BCUT2D eigenvalue weighted by molar-refractivity contribution is 5.98. The van der Waals surface area contributed by atoms with Gasteiger partial charge >= 0.3 is 5.97 Å². The molecule has 1 aromatic carbocycles. The van der Waals surface area contributed by atoms with Crippen LogP contribution in [0.5, 0.6) is 0 Å². The lowest BCUT2D eigenvalue weighted by molar-refractivity contribution is 0.0697. The van der Waals surface area contributed by atoms with Crippen LogP contribution in [-0.2, 0) is 0 Å². The van der Waals surface area contributed by atoms with Gasteiger partial charge in [0, 0.05) is 24.7 Å². The molecule has 19 heavy (non-hydrogen) atoms. The summed E-state index contributed by atoms with van der Waals surface area (Å²) in [6.07, 6.45) is 5.42. The van der Waals surface area contributed by atoms with E-state index in [4.69, 9.17) is 5.11 Å². The first-order valence-corrected chi connectivity index (χ1v) is 6.63. The molecule has 0 bridgehead atoms. The summed E-state index contributed by atoms with van der Waals surface area (Å²) in [5.74, 6) is 0.0237. The number of aromatic carboxylic acids is 1. The molecular weight excluding hydrogens is 240 g/mol. The highest BCUT2D eigenvalue weighted by Gasteiger charge is 2.15. The number of hydrogen-bond donors (Lipinski definition) is 1. The fraction of sp³-hybridized carbons (Fsp3) is 0.333. The molecule has 2 heterocycles. The molecule has 0 amide bonds. The van der Waals surface area contributed by atoms with E-state index in [2.05, 4.69) is 9.88 Å². The van der Waals surface area contributed by atoms with Gasteiger partial charge in [-0.1, -0.05) is 6.07 Å². The molecule has 0 atom stereocenters. The van der Waals surface area contributed by atoms with E-state index in [1.165, 1.54) is 19.3 Å². The molecule has 1 aliphatic heterocycles. The van der Waals surface area contributed by atoms with E-state index < -0.39 is 5.97 Å². The monoisotopic (exact) mass is 256 g/mol. The molecule has 1 N–H and O–H groups in total. The fourth-order valence-electron chi connectivity index (χ4n) is 2.64. The van der Waals surface area contributed by atoms with Gasteiger partial charge in [-0.05, 0) is 42.8 Å². The molecule has 0 aliphatic carbocycles. The SMILES string of the molecule is O=C(O)c1ccc2ccnc(N3CCCCC3)c2c1. The number of hydrogen-bond acceptors (Lipinski definition) is 3. The Morgan fingerprint density at radius 3 is 2.68 bits per heavy atom. The van der Waals surface area contributed by atoms with Crippen molar-refractivity contribution in [3.63, 3.8) is 0 Å². The summed E-state index contributed by atoms with van der Waals surface area (Å²) in [7, 11) is 0. The number of aromatic nitrogens is 1. The van der Waals surface area contributed by atoms with Crippen LogP contribution in [0.3, 0.4) is 0 Å². The molecule has 98 valence electrons. The van der Waals surface area contributed by atoms with E-state index in [-0.39, 0.29) is 0 Å². The summed E-state index contributed by atoms with van der Waals surface area (Å²) in [5.41, 5.74) is 0.318. The maximum atomic E-state index is 11.1. The number of carboxylic acid groups (broad SMARTS) is 1. The Labute approximate surface area is 111 Å². The Hall–Kier alpha value is -2.10. The Bertz CT molecular complexity index is 619. The number of piperidine rings is 1. The Balaban J connectivity index is 2.11. The Kier molecular flexibility index (Phi) is 3.07. The van der Waals surface area contributed by atoms with Gasteiger partial charge in [-0.15, -0.1) is 0 Å². The number of carboxylic acids is 1. The smallest absolute Gasteiger partial charge is 0.335 e. The molecule has 0 saturated carbocycles. The average Bonchev–Trinajstić information content (AvgIpc) is 2.47. The highest BCUT2D eigenvalue weighted by Crippen LogP contribution is 2.27. The van der Waals surface area contributed by atoms with Gasteiger partial charge in [-0.25, -0.2) is 9.78 Å². The molecular formula is C15H16N2O2. The van der Waals surface area contributed by atoms with Crippen molar-refractivity contribution in [2.24, 2.45) is 0 Å². The van der Waals surface area contributed by atoms with Gasteiger partial charge in [0.25, 0.3) is 0 Å². The van der Waals surface area contributed by atoms with Gasteiger partial charge in [0.15, 0.2) is 0 Å². The number of rotatable bonds is 2. The fourth-order valence-corrected chi connectivity index (χ4v) is 2.64. The first-order chi connectivity index (χ1) is 9.25. The van der Waals surface area contributed by atoms with E-state index in [0.29, 0.717) is 5.56 Å². The summed E-state index contributed by atoms with van der Waals surface area (Å²) in [5, 5.41) is 11.1. The number of anilines is 1. The molecule has 1 saturated heterocycles. The molecule has 1 fully saturated rings. The highest BCUT2D eigenvalue weighted by atomic mass is 16.4. The van der Waals surface area contributed by atoms with E-state index >= 15 is 0 Å². The van der Waals surface area contributed by atoms with Crippen molar-refractivity contribution in [2.75, 3.05) is 18.0 Å². The van der Waals surface area contributed by atoms with Crippen molar-refractivity contribution in [2.45, 2.75) is 19.3 Å². The molecule has 0 unspecified atom stereocenters. The Morgan fingerprint density at radius 1 is 1.16 bits per heavy atom. The van der Waals surface area contributed by atoms with Crippen LogP contribution in [0.2, 0.25) is 0 Å².